The summed E-state index contributed by atoms with van der Waals surface area (Å²) in [4.78, 5) is 11.8. The number of nitrogens with zero attached hydrogens (tertiary/aromatic N) is 1. The molecule has 0 aromatic heterocycles. The quantitative estimate of drug-likeness (QED) is 0.675. The van der Waals surface area contributed by atoms with Gasteiger partial charge in [0.2, 0.25) is 0 Å². The molecule has 0 saturated carbocycles. The summed E-state index contributed by atoms with van der Waals surface area (Å²) in [7, 11) is 0. The molecule has 0 heterocycles. The minimum atomic E-state index is -0.285. The molecule has 0 aliphatic heterocycles. The van der Waals surface area contributed by atoms with Gasteiger partial charge in [-0.2, -0.15) is 5.10 Å². The molecule has 2 aromatic rings. The van der Waals surface area contributed by atoms with Gasteiger partial charge < -0.3 is 0 Å². The maximum absolute atomic E-state index is 11.8. The van der Waals surface area contributed by atoms with E-state index in [1.807, 2.05) is 31.2 Å². The Morgan fingerprint density at radius 2 is 2.00 bits per heavy atom. The van der Waals surface area contributed by atoms with Crippen LogP contribution in [-0.4, -0.2) is 12.1 Å². The van der Waals surface area contributed by atoms with Crippen molar-refractivity contribution in [1.82, 2.24) is 5.43 Å². The minimum Gasteiger partial charge on any atom is -0.267 e. The summed E-state index contributed by atoms with van der Waals surface area (Å²) in [6, 6.07) is 14.5. The van der Waals surface area contributed by atoms with Crippen molar-refractivity contribution >= 4 is 23.7 Å². The number of halogens is 1. The van der Waals surface area contributed by atoms with E-state index < -0.39 is 0 Å². The van der Waals surface area contributed by atoms with Gasteiger partial charge in [-0.3, -0.25) is 4.79 Å². The fourth-order valence-corrected chi connectivity index (χ4v) is 1.78. The smallest absolute Gasteiger partial charge is 0.267 e. The lowest BCUT2D eigenvalue weighted by atomic mass is 10.1. The molecule has 0 saturated heterocycles. The molecule has 0 radical (unpaired) electrons. The SMILES string of the molecule is Cc1ccccc1C=NNC(=O)c1cccc(Cl)c1. The molecule has 2 aromatic carbocycles. The van der Waals surface area contributed by atoms with Crippen molar-refractivity contribution in [2.24, 2.45) is 5.10 Å². The highest BCUT2D eigenvalue weighted by Gasteiger charge is 2.03. The van der Waals surface area contributed by atoms with Gasteiger partial charge in [0, 0.05) is 10.6 Å². The first-order valence-corrected chi connectivity index (χ1v) is 6.19. The van der Waals surface area contributed by atoms with E-state index in [-0.39, 0.29) is 5.91 Å². The van der Waals surface area contributed by atoms with Crippen LogP contribution in [0.25, 0.3) is 0 Å². The fraction of sp³-hybridized carbons (Fsp3) is 0.0667. The van der Waals surface area contributed by atoms with Crippen molar-refractivity contribution in [3.63, 3.8) is 0 Å². The Morgan fingerprint density at radius 3 is 2.74 bits per heavy atom. The number of carbonyl (C=O) groups is 1. The third kappa shape index (κ3) is 3.66. The molecule has 2 rings (SSSR count). The molecule has 4 heteroatoms. The normalized spacial score (nSPS) is 10.6. The van der Waals surface area contributed by atoms with Crippen LogP contribution >= 0.6 is 11.6 Å². The monoisotopic (exact) mass is 272 g/mol. The van der Waals surface area contributed by atoms with Gasteiger partial charge in [-0.15, -0.1) is 0 Å². The second-order valence-corrected chi connectivity index (χ2v) is 4.50. The molecule has 0 unspecified atom stereocenters. The van der Waals surface area contributed by atoms with Crippen LogP contribution in [0.4, 0.5) is 0 Å². The number of nitrogens with one attached hydrogen (secondary N) is 1. The van der Waals surface area contributed by atoms with Crippen molar-refractivity contribution in [3.05, 3.63) is 70.2 Å². The number of hydrazone groups is 1. The predicted molar refractivity (Wildman–Crippen MR) is 77.7 cm³/mol. The second kappa shape index (κ2) is 6.16. The van der Waals surface area contributed by atoms with E-state index in [1.165, 1.54) is 0 Å². The first kappa shape index (κ1) is 13.3. The number of aryl methyl sites for hydroxylation is 1. The van der Waals surface area contributed by atoms with Gasteiger partial charge in [-0.05, 0) is 36.2 Å². The molecule has 1 amide bonds. The van der Waals surface area contributed by atoms with Crippen LogP contribution < -0.4 is 5.43 Å². The summed E-state index contributed by atoms with van der Waals surface area (Å²) < 4.78 is 0. The Bertz CT molecular complexity index is 623. The van der Waals surface area contributed by atoms with Gasteiger partial charge >= 0.3 is 0 Å². The van der Waals surface area contributed by atoms with Gasteiger partial charge in [0.1, 0.15) is 0 Å². The lowest BCUT2D eigenvalue weighted by Gasteiger charge is -2.01. The number of amides is 1. The van der Waals surface area contributed by atoms with Crippen LogP contribution in [0.2, 0.25) is 5.02 Å². The van der Waals surface area contributed by atoms with Crippen molar-refractivity contribution in [2.75, 3.05) is 0 Å². The van der Waals surface area contributed by atoms with Crippen molar-refractivity contribution in [1.29, 1.82) is 0 Å². The summed E-state index contributed by atoms with van der Waals surface area (Å²) >= 11 is 5.82. The molecular weight excluding hydrogens is 260 g/mol. The van der Waals surface area contributed by atoms with Gasteiger partial charge in [0.15, 0.2) is 0 Å². The number of hydrogen-bond donors (Lipinski definition) is 1. The summed E-state index contributed by atoms with van der Waals surface area (Å²) in [5.74, 6) is -0.285. The minimum absolute atomic E-state index is 0.285. The number of rotatable bonds is 3. The highest BCUT2D eigenvalue weighted by Crippen LogP contribution is 2.10. The molecule has 1 N–H and O–H groups in total. The largest absolute Gasteiger partial charge is 0.271 e. The first-order valence-electron chi connectivity index (χ1n) is 5.81. The lowest BCUT2D eigenvalue weighted by Crippen LogP contribution is -2.17. The van der Waals surface area contributed by atoms with Crippen LogP contribution in [-0.2, 0) is 0 Å². The summed E-state index contributed by atoms with van der Waals surface area (Å²) in [6.07, 6.45) is 1.62. The predicted octanol–water partition coefficient (Wildman–Crippen LogP) is 3.41. The molecule has 0 aliphatic rings. The number of hydrogen-bond acceptors (Lipinski definition) is 2. The van der Waals surface area contributed by atoms with Crippen LogP contribution in [0.15, 0.2) is 53.6 Å². The number of carbonyl (C=O) groups excluding carboxylic acids is 1. The van der Waals surface area contributed by atoms with E-state index >= 15 is 0 Å². The maximum Gasteiger partial charge on any atom is 0.271 e. The molecule has 0 spiro atoms. The van der Waals surface area contributed by atoms with Crippen molar-refractivity contribution in [3.8, 4) is 0 Å². The molecule has 0 bridgehead atoms. The zero-order chi connectivity index (χ0) is 13.7. The zero-order valence-electron chi connectivity index (χ0n) is 10.4. The molecule has 0 fully saturated rings. The van der Waals surface area contributed by atoms with Crippen molar-refractivity contribution in [2.45, 2.75) is 6.92 Å². The Kier molecular flexibility index (Phi) is 4.31. The van der Waals surface area contributed by atoms with Gasteiger partial charge in [0.05, 0.1) is 6.21 Å². The Morgan fingerprint density at radius 1 is 1.21 bits per heavy atom. The highest BCUT2D eigenvalue weighted by molar-refractivity contribution is 6.30. The average molecular weight is 273 g/mol. The zero-order valence-corrected chi connectivity index (χ0v) is 11.2. The van der Waals surface area contributed by atoms with Crippen LogP contribution in [0.1, 0.15) is 21.5 Å². The van der Waals surface area contributed by atoms with Gasteiger partial charge in [-0.25, -0.2) is 5.43 Å². The van der Waals surface area contributed by atoms with Gasteiger partial charge in [0.25, 0.3) is 5.91 Å². The Hall–Kier alpha value is -2.13. The molecule has 0 atom stereocenters. The van der Waals surface area contributed by atoms with E-state index in [2.05, 4.69) is 10.5 Å². The average Bonchev–Trinajstić information content (AvgIpc) is 2.41. The van der Waals surface area contributed by atoms with Crippen LogP contribution in [0.5, 0.6) is 0 Å². The first-order chi connectivity index (χ1) is 9.16. The molecular formula is C15H13ClN2O. The van der Waals surface area contributed by atoms with E-state index in [0.717, 1.165) is 11.1 Å². The second-order valence-electron chi connectivity index (χ2n) is 4.07. The van der Waals surface area contributed by atoms with Crippen LogP contribution in [0.3, 0.4) is 0 Å². The molecule has 19 heavy (non-hydrogen) atoms. The van der Waals surface area contributed by atoms with E-state index in [0.29, 0.717) is 10.6 Å². The third-order valence-electron chi connectivity index (χ3n) is 2.64. The van der Waals surface area contributed by atoms with E-state index in [4.69, 9.17) is 11.6 Å². The third-order valence-corrected chi connectivity index (χ3v) is 2.88. The molecule has 96 valence electrons. The van der Waals surface area contributed by atoms with E-state index in [9.17, 15) is 4.79 Å². The summed E-state index contributed by atoms with van der Waals surface area (Å²) in [6.45, 7) is 1.99. The molecule has 3 nitrogen and oxygen atoms in total. The fourth-order valence-electron chi connectivity index (χ4n) is 1.59. The highest BCUT2D eigenvalue weighted by atomic mass is 35.5. The van der Waals surface area contributed by atoms with Crippen molar-refractivity contribution < 1.29 is 4.79 Å². The van der Waals surface area contributed by atoms with E-state index in [1.54, 1.807) is 30.5 Å². The van der Waals surface area contributed by atoms with Crippen LogP contribution in [0, 0.1) is 6.92 Å². The maximum atomic E-state index is 11.8. The standard InChI is InChI=1S/C15H13ClN2O/c1-11-5-2-3-6-13(11)10-17-18-15(19)12-7-4-8-14(16)9-12/h2-10H,1H3,(H,18,19). The topological polar surface area (TPSA) is 41.5 Å². The Balaban J connectivity index is 2.03. The number of benzene rings is 2. The molecule has 0 aliphatic carbocycles. The lowest BCUT2D eigenvalue weighted by molar-refractivity contribution is 0.0955. The summed E-state index contributed by atoms with van der Waals surface area (Å²) in [5.41, 5.74) is 5.02. The summed E-state index contributed by atoms with van der Waals surface area (Å²) in [5, 5.41) is 4.46. The van der Waals surface area contributed by atoms with Gasteiger partial charge in [-0.1, -0.05) is 41.9 Å². The Labute approximate surface area is 116 Å².